The van der Waals surface area contributed by atoms with Gasteiger partial charge in [-0.3, -0.25) is 0 Å². The number of hydrogen-bond donors (Lipinski definition) is 0. The Morgan fingerprint density at radius 1 is 1.05 bits per heavy atom. The van der Waals surface area contributed by atoms with E-state index in [1.807, 2.05) is 18.2 Å². The second-order valence-corrected chi connectivity index (χ2v) is 4.68. The third-order valence-electron chi connectivity index (χ3n) is 3.16. The van der Waals surface area contributed by atoms with E-state index in [1.165, 1.54) is 0 Å². The SMILES string of the molecule is CCc1cc(OCc2ccccc2)c(F)cc1[B-](F)(F)F.[K+]. The molecule has 1 nitrogen and oxygen atoms in total. The molecule has 2 aromatic carbocycles. The normalized spacial score (nSPS) is 11.0. The molecule has 0 atom stereocenters. The standard InChI is InChI=1S/C15H14BF4O.K/c1-2-12-8-15(14(17)9-13(12)16(18,19)20)21-10-11-6-4-3-5-7-11;/h3-9H,2,10H2,1H3;/q-1;+1. The molecule has 0 bridgehead atoms. The van der Waals surface area contributed by atoms with Gasteiger partial charge in [-0.25, -0.2) is 4.39 Å². The van der Waals surface area contributed by atoms with E-state index >= 15 is 0 Å². The van der Waals surface area contributed by atoms with Crippen LogP contribution < -0.4 is 61.6 Å². The fourth-order valence-electron chi connectivity index (χ4n) is 2.07. The summed E-state index contributed by atoms with van der Waals surface area (Å²) in [6.45, 7) is -3.52. The van der Waals surface area contributed by atoms with Crippen LogP contribution in [0.1, 0.15) is 18.1 Å². The molecule has 0 fully saturated rings. The molecule has 0 saturated heterocycles. The maximum absolute atomic E-state index is 13.8. The van der Waals surface area contributed by atoms with Crippen molar-refractivity contribution in [1.82, 2.24) is 0 Å². The fraction of sp³-hybridized carbons (Fsp3) is 0.200. The summed E-state index contributed by atoms with van der Waals surface area (Å²) in [6, 6.07) is 10.7. The molecular formula is C15H14BF4KO. The van der Waals surface area contributed by atoms with Crippen LogP contribution in [0.5, 0.6) is 5.75 Å². The molecule has 0 spiro atoms. The van der Waals surface area contributed by atoms with Gasteiger partial charge in [0.1, 0.15) is 6.61 Å². The van der Waals surface area contributed by atoms with Crippen LogP contribution in [0, 0.1) is 5.82 Å². The molecule has 0 radical (unpaired) electrons. The Balaban J connectivity index is 0.00000242. The van der Waals surface area contributed by atoms with Crippen molar-refractivity contribution in [3.63, 3.8) is 0 Å². The van der Waals surface area contributed by atoms with Crippen molar-refractivity contribution in [1.29, 1.82) is 0 Å². The molecule has 0 N–H and O–H groups in total. The summed E-state index contributed by atoms with van der Waals surface area (Å²) in [7, 11) is 0. The van der Waals surface area contributed by atoms with Gasteiger partial charge in [0, 0.05) is 0 Å². The molecule has 0 unspecified atom stereocenters. The number of halogens is 4. The van der Waals surface area contributed by atoms with Crippen LogP contribution >= 0.6 is 0 Å². The summed E-state index contributed by atoms with van der Waals surface area (Å²) >= 11 is 0. The van der Waals surface area contributed by atoms with E-state index < -0.39 is 18.3 Å². The summed E-state index contributed by atoms with van der Waals surface area (Å²) in [5, 5.41) is 0. The van der Waals surface area contributed by atoms with E-state index in [1.54, 1.807) is 19.1 Å². The summed E-state index contributed by atoms with van der Waals surface area (Å²) < 4.78 is 57.6. The van der Waals surface area contributed by atoms with Gasteiger partial charge in [0.05, 0.1) is 0 Å². The molecule has 0 aromatic heterocycles. The van der Waals surface area contributed by atoms with Gasteiger partial charge in [0.25, 0.3) is 0 Å². The smallest absolute Gasteiger partial charge is 0.486 e. The number of aryl methyl sites for hydroxylation is 1. The average molecular weight is 336 g/mol. The van der Waals surface area contributed by atoms with Crippen LogP contribution in [0.15, 0.2) is 42.5 Å². The van der Waals surface area contributed by atoms with Crippen molar-refractivity contribution in [3.05, 3.63) is 59.4 Å². The predicted octanol–water partition coefficient (Wildman–Crippen LogP) is 1.03. The minimum Gasteiger partial charge on any atom is -0.486 e. The Morgan fingerprint density at radius 2 is 1.68 bits per heavy atom. The van der Waals surface area contributed by atoms with Crippen LogP contribution in [0.25, 0.3) is 0 Å². The van der Waals surface area contributed by atoms with E-state index in [2.05, 4.69) is 0 Å². The first-order chi connectivity index (χ1) is 9.91. The molecular weight excluding hydrogens is 322 g/mol. The quantitative estimate of drug-likeness (QED) is 0.585. The first-order valence-electron chi connectivity index (χ1n) is 6.60. The first kappa shape index (κ1) is 19.7. The molecule has 7 heteroatoms. The first-order valence-corrected chi connectivity index (χ1v) is 6.60. The zero-order chi connectivity index (χ0) is 15.5. The zero-order valence-electron chi connectivity index (χ0n) is 12.5. The largest absolute Gasteiger partial charge is 1.00 e. The molecule has 0 heterocycles. The van der Waals surface area contributed by atoms with Gasteiger partial charge in [-0.2, -0.15) is 0 Å². The molecule has 2 rings (SSSR count). The second kappa shape index (κ2) is 8.50. The van der Waals surface area contributed by atoms with Gasteiger partial charge in [-0.15, -0.1) is 5.46 Å². The van der Waals surface area contributed by atoms with Crippen molar-refractivity contribution in [3.8, 4) is 5.75 Å². The minimum atomic E-state index is -5.23. The summed E-state index contributed by atoms with van der Waals surface area (Å²) in [5.74, 6) is -1.14. The molecule has 0 aliphatic heterocycles. The Morgan fingerprint density at radius 3 is 2.23 bits per heavy atom. The van der Waals surface area contributed by atoms with Gasteiger partial charge < -0.3 is 17.7 Å². The Kier molecular flexibility index (Phi) is 7.61. The third kappa shape index (κ3) is 5.09. The van der Waals surface area contributed by atoms with Gasteiger partial charge in [0.15, 0.2) is 11.6 Å². The summed E-state index contributed by atoms with van der Waals surface area (Å²) in [4.78, 5) is 0. The average Bonchev–Trinajstić information content (AvgIpc) is 2.46. The van der Waals surface area contributed by atoms with Crippen LogP contribution in [0.4, 0.5) is 17.3 Å². The molecule has 0 aliphatic carbocycles. The van der Waals surface area contributed by atoms with E-state index in [4.69, 9.17) is 4.74 Å². The number of benzene rings is 2. The molecule has 0 aliphatic rings. The van der Waals surface area contributed by atoms with E-state index in [0.717, 1.165) is 11.6 Å². The molecule has 22 heavy (non-hydrogen) atoms. The fourth-order valence-corrected chi connectivity index (χ4v) is 2.07. The van der Waals surface area contributed by atoms with Crippen LogP contribution in [-0.4, -0.2) is 6.98 Å². The van der Waals surface area contributed by atoms with Crippen molar-refractivity contribution in [2.75, 3.05) is 0 Å². The monoisotopic (exact) mass is 336 g/mol. The minimum absolute atomic E-state index is 0. The van der Waals surface area contributed by atoms with E-state index in [9.17, 15) is 17.3 Å². The Hall–Kier alpha value is -0.339. The van der Waals surface area contributed by atoms with Crippen molar-refractivity contribution in [2.24, 2.45) is 0 Å². The van der Waals surface area contributed by atoms with Crippen LogP contribution in [0.2, 0.25) is 0 Å². The Bertz CT molecular complexity index is 617. The molecule has 2 aromatic rings. The van der Waals surface area contributed by atoms with Crippen LogP contribution in [-0.2, 0) is 13.0 Å². The topological polar surface area (TPSA) is 9.23 Å². The molecule has 112 valence electrons. The van der Waals surface area contributed by atoms with Crippen LogP contribution in [0.3, 0.4) is 0 Å². The number of rotatable bonds is 5. The zero-order valence-corrected chi connectivity index (χ0v) is 15.6. The molecule has 0 saturated carbocycles. The number of hydrogen-bond acceptors (Lipinski definition) is 1. The second-order valence-electron chi connectivity index (χ2n) is 4.68. The van der Waals surface area contributed by atoms with Crippen molar-refractivity contribution < 1.29 is 73.5 Å². The summed E-state index contributed by atoms with van der Waals surface area (Å²) in [5.41, 5.74) is -0.0203. The van der Waals surface area contributed by atoms with E-state index in [0.29, 0.717) is 6.07 Å². The van der Waals surface area contributed by atoms with Gasteiger partial charge >= 0.3 is 58.4 Å². The van der Waals surface area contributed by atoms with Crippen molar-refractivity contribution in [2.45, 2.75) is 20.0 Å². The maximum Gasteiger partial charge on any atom is 1.00 e. The van der Waals surface area contributed by atoms with Gasteiger partial charge in [-0.05, 0) is 24.1 Å². The molecule has 0 amide bonds. The van der Waals surface area contributed by atoms with E-state index in [-0.39, 0.29) is 75.7 Å². The van der Waals surface area contributed by atoms with Gasteiger partial charge in [0.2, 0.25) is 0 Å². The Labute approximate surface area is 169 Å². The maximum atomic E-state index is 13.8. The predicted molar refractivity (Wildman–Crippen MR) is 75.3 cm³/mol. The van der Waals surface area contributed by atoms with Crippen molar-refractivity contribution >= 4 is 12.4 Å². The third-order valence-corrected chi connectivity index (χ3v) is 3.16. The summed E-state index contributed by atoms with van der Waals surface area (Å²) in [6.07, 6.45) is 0.165. The van der Waals surface area contributed by atoms with Gasteiger partial charge in [-0.1, -0.05) is 42.8 Å². The number of ether oxygens (including phenoxy) is 1.